The lowest BCUT2D eigenvalue weighted by molar-refractivity contribution is 0.662. The summed E-state index contributed by atoms with van der Waals surface area (Å²) in [4.78, 5) is 16.2. The molecule has 9 aromatic carbocycles. The first-order chi connectivity index (χ1) is 29.9. The van der Waals surface area contributed by atoms with Crippen LogP contribution >= 0.6 is 0 Å². The molecule has 0 saturated carbocycles. The normalized spacial score (nSPS) is 13.0. The molecule has 0 bridgehead atoms. The summed E-state index contributed by atoms with van der Waals surface area (Å²) in [5.41, 5.74) is 15.0. The fourth-order valence-electron chi connectivity index (χ4n) is 10.1. The fourth-order valence-corrected chi connectivity index (χ4v) is 10.1. The highest BCUT2D eigenvalue weighted by molar-refractivity contribution is 6.33. The zero-order valence-electron chi connectivity index (χ0n) is 34.2. The van der Waals surface area contributed by atoms with E-state index in [1.165, 1.54) is 60.5 Å². The zero-order chi connectivity index (χ0) is 40.8. The number of aromatic nitrogens is 4. The Kier molecular flexibility index (Phi) is 7.76. The Morgan fingerprint density at radius 3 is 1.67 bits per heavy atom. The third-order valence-electron chi connectivity index (χ3n) is 12.9. The van der Waals surface area contributed by atoms with Crippen LogP contribution in [0.15, 0.2) is 188 Å². The summed E-state index contributed by atoms with van der Waals surface area (Å²) < 4.78 is 2.36. The van der Waals surface area contributed by atoms with Crippen molar-refractivity contribution >= 4 is 43.4 Å². The standard InChI is InChI=1S/C57H40N4/c1-35-28-33-41-40-20-10-11-22-43(40)50-47-26-15-25-46(45-24-14-23-44-42-21-12-13-27-49(42)57(2,3)51(44)45)52(47)61(53(50)48(41)34-35)56-59-54(38-18-8-5-9-19-38)58-55(60-56)39-31-29-37(30-32-39)36-16-6-4-7-17-36/h4-34H,1-3H3. The van der Waals surface area contributed by atoms with Crippen molar-refractivity contribution in [3.05, 3.63) is 205 Å². The number of rotatable bonds is 5. The van der Waals surface area contributed by atoms with Gasteiger partial charge in [0.15, 0.2) is 11.6 Å². The molecule has 288 valence electrons. The molecule has 4 nitrogen and oxygen atoms in total. The van der Waals surface area contributed by atoms with Crippen molar-refractivity contribution < 1.29 is 0 Å². The Bertz CT molecular complexity index is 3550. The van der Waals surface area contributed by atoms with Gasteiger partial charge in [0.2, 0.25) is 5.95 Å². The van der Waals surface area contributed by atoms with Gasteiger partial charge in [0.05, 0.1) is 11.0 Å². The van der Waals surface area contributed by atoms with E-state index in [2.05, 4.69) is 189 Å². The summed E-state index contributed by atoms with van der Waals surface area (Å²) in [5, 5.41) is 7.15. The maximum absolute atomic E-state index is 5.49. The van der Waals surface area contributed by atoms with Gasteiger partial charge in [-0.2, -0.15) is 9.97 Å². The second-order valence-corrected chi connectivity index (χ2v) is 16.8. The van der Waals surface area contributed by atoms with Crippen LogP contribution in [0, 0.1) is 6.92 Å². The van der Waals surface area contributed by atoms with Crippen molar-refractivity contribution in [2.75, 3.05) is 0 Å². The number of hydrogen-bond acceptors (Lipinski definition) is 3. The summed E-state index contributed by atoms with van der Waals surface area (Å²) in [6.07, 6.45) is 0. The Balaban J connectivity index is 1.23. The molecule has 61 heavy (non-hydrogen) atoms. The molecule has 0 aliphatic heterocycles. The van der Waals surface area contributed by atoms with Gasteiger partial charge in [0, 0.05) is 38.3 Å². The summed E-state index contributed by atoms with van der Waals surface area (Å²) in [6.45, 7) is 6.92. The van der Waals surface area contributed by atoms with Crippen molar-refractivity contribution in [1.29, 1.82) is 0 Å². The molecule has 0 N–H and O–H groups in total. The topological polar surface area (TPSA) is 43.6 Å². The molecule has 0 radical (unpaired) electrons. The number of para-hydroxylation sites is 1. The van der Waals surface area contributed by atoms with E-state index in [0.717, 1.165) is 44.1 Å². The Labute approximate surface area is 354 Å². The van der Waals surface area contributed by atoms with Crippen LogP contribution in [0.1, 0.15) is 30.5 Å². The third kappa shape index (κ3) is 5.35. The predicted octanol–water partition coefficient (Wildman–Crippen LogP) is 14.6. The number of hydrogen-bond donors (Lipinski definition) is 0. The minimum atomic E-state index is -0.217. The van der Waals surface area contributed by atoms with Gasteiger partial charge < -0.3 is 0 Å². The molecule has 12 rings (SSSR count). The SMILES string of the molecule is Cc1ccc2c3ccccc3c3c4cccc(-c5cccc6c5C(C)(C)c5ccccc5-6)c4n(-c4nc(-c5ccccc5)nc(-c5ccc(-c6ccccc6)cc5)n4)c3c2c1. The molecule has 1 aliphatic carbocycles. The summed E-state index contributed by atoms with van der Waals surface area (Å²) in [7, 11) is 0. The van der Waals surface area contributed by atoms with Crippen LogP contribution in [0.25, 0.3) is 105 Å². The fraction of sp³-hybridized carbons (Fsp3) is 0.0702. The van der Waals surface area contributed by atoms with E-state index in [-0.39, 0.29) is 5.41 Å². The monoisotopic (exact) mass is 780 g/mol. The summed E-state index contributed by atoms with van der Waals surface area (Å²) in [6, 6.07) is 67.6. The molecule has 2 heterocycles. The second kappa shape index (κ2) is 13.4. The highest BCUT2D eigenvalue weighted by Gasteiger charge is 2.38. The first-order valence-electron chi connectivity index (χ1n) is 21.0. The van der Waals surface area contributed by atoms with Gasteiger partial charge in [-0.15, -0.1) is 0 Å². The first-order valence-corrected chi connectivity index (χ1v) is 21.0. The predicted molar refractivity (Wildman–Crippen MR) is 253 cm³/mol. The molecule has 0 fully saturated rings. The van der Waals surface area contributed by atoms with Crippen LogP contribution in [-0.4, -0.2) is 19.5 Å². The molecular weight excluding hydrogens is 741 g/mol. The maximum Gasteiger partial charge on any atom is 0.238 e. The van der Waals surface area contributed by atoms with E-state index in [4.69, 9.17) is 15.0 Å². The van der Waals surface area contributed by atoms with Crippen LogP contribution in [0.3, 0.4) is 0 Å². The molecule has 0 unspecified atom stereocenters. The lowest BCUT2D eigenvalue weighted by Gasteiger charge is -2.25. The quantitative estimate of drug-likeness (QED) is 0.163. The summed E-state index contributed by atoms with van der Waals surface area (Å²) >= 11 is 0. The zero-order valence-corrected chi connectivity index (χ0v) is 34.2. The number of benzene rings is 9. The Hall–Kier alpha value is -7.69. The lowest BCUT2D eigenvalue weighted by Crippen LogP contribution is -2.16. The highest BCUT2D eigenvalue weighted by atomic mass is 15.2. The van der Waals surface area contributed by atoms with Gasteiger partial charge in [-0.3, -0.25) is 4.57 Å². The van der Waals surface area contributed by atoms with E-state index in [0.29, 0.717) is 17.6 Å². The average molecular weight is 781 g/mol. The molecule has 1 aliphatic rings. The van der Waals surface area contributed by atoms with Crippen molar-refractivity contribution in [1.82, 2.24) is 19.5 Å². The van der Waals surface area contributed by atoms with Gasteiger partial charge in [-0.25, -0.2) is 4.98 Å². The number of aryl methyl sites for hydroxylation is 1. The minimum absolute atomic E-state index is 0.217. The van der Waals surface area contributed by atoms with Gasteiger partial charge in [-0.1, -0.05) is 201 Å². The van der Waals surface area contributed by atoms with Gasteiger partial charge >= 0.3 is 0 Å². The van der Waals surface area contributed by atoms with Crippen LogP contribution in [0.2, 0.25) is 0 Å². The van der Waals surface area contributed by atoms with E-state index >= 15 is 0 Å². The van der Waals surface area contributed by atoms with Crippen molar-refractivity contribution in [2.45, 2.75) is 26.2 Å². The molecule has 11 aromatic rings. The Morgan fingerprint density at radius 2 is 0.918 bits per heavy atom. The molecule has 0 spiro atoms. The second-order valence-electron chi connectivity index (χ2n) is 16.8. The van der Waals surface area contributed by atoms with Crippen LogP contribution in [0.5, 0.6) is 0 Å². The lowest BCUT2D eigenvalue weighted by atomic mass is 9.78. The number of fused-ring (bicyclic) bond motifs is 11. The largest absolute Gasteiger partial charge is 0.277 e. The molecule has 2 aromatic heterocycles. The average Bonchev–Trinajstić information content (AvgIpc) is 3.79. The van der Waals surface area contributed by atoms with Gasteiger partial charge in [0.25, 0.3) is 0 Å². The molecule has 4 heteroatoms. The van der Waals surface area contributed by atoms with Crippen LogP contribution in [-0.2, 0) is 5.41 Å². The van der Waals surface area contributed by atoms with E-state index in [1.54, 1.807) is 0 Å². The smallest absolute Gasteiger partial charge is 0.238 e. The molecule has 0 amide bonds. The van der Waals surface area contributed by atoms with E-state index in [9.17, 15) is 0 Å². The van der Waals surface area contributed by atoms with Crippen LogP contribution in [0.4, 0.5) is 0 Å². The highest BCUT2D eigenvalue weighted by Crippen LogP contribution is 2.54. The minimum Gasteiger partial charge on any atom is -0.277 e. The van der Waals surface area contributed by atoms with Gasteiger partial charge in [0.1, 0.15) is 0 Å². The van der Waals surface area contributed by atoms with Gasteiger partial charge in [-0.05, 0) is 68.1 Å². The maximum atomic E-state index is 5.49. The molecular formula is C57H40N4. The molecule has 0 atom stereocenters. The molecule has 0 saturated heterocycles. The first kappa shape index (κ1) is 35.3. The summed E-state index contributed by atoms with van der Waals surface area (Å²) in [5.74, 6) is 1.82. The van der Waals surface area contributed by atoms with Crippen molar-refractivity contribution in [3.8, 4) is 62.1 Å². The number of nitrogens with zero attached hydrogens (tertiary/aromatic N) is 4. The Morgan fingerprint density at radius 1 is 0.393 bits per heavy atom. The van der Waals surface area contributed by atoms with Crippen LogP contribution < -0.4 is 0 Å². The van der Waals surface area contributed by atoms with E-state index < -0.39 is 0 Å². The third-order valence-corrected chi connectivity index (χ3v) is 12.9. The van der Waals surface area contributed by atoms with E-state index in [1.807, 2.05) is 24.3 Å². The van der Waals surface area contributed by atoms with Crippen molar-refractivity contribution in [2.24, 2.45) is 0 Å². The van der Waals surface area contributed by atoms with Crippen molar-refractivity contribution in [3.63, 3.8) is 0 Å².